The normalized spacial score (nSPS) is 13.3. The summed E-state index contributed by atoms with van der Waals surface area (Å²) in [5, 5.41) is -0.0777. The van der Waals surface area contributed by atoms with Crippen LogP contribution in [0.4, 0.5) is 10.1 Å². The van der Waals surface area contributed by atoms with Gasteiger partial charge in [-0.15, -0.1) is 0 Å². The van der Waals surface area contributed by atoms with E-state index in [2.05, 4.69) is 9.72 Å². The van der Waals surface area contributed by atoms with E-state index in [9.17, 15) is 14.4 Å². The lowest BCUT2D eigenvalue weighted by molar-refractivity contribution is -0.143. The summed E-state index contributed by atoms with van der Waals surface area (Å²) < 4.78 is 29.9. The van der Waals surface area contributed by atoms with Crippen LogP contribution in [0, 0.1) is 5.82 Å². The van der Waals surface area contributed by atoms with Crippen molar-refractivity contribution < 1.29 is 33.0 Å². The molecule has 34 heavy (non-hydrogen) atoms. The van der Waals surface area contributed by atoms with Gasteiger partial charge in [0.05, 0.1) is 31.5 Å². The molecule has 0 bridgehead atoms. The summed E-state index contributed by atoms with van der Waals surface area (Å²) in [5.74, 6) is -2.55. The van der Waals surface area contributed by atoms with E-state index in [-0.39, 0.29) is 34.2 Å². The standard InChI is InChI=1S/C24H24ClFN2O6/c1-32-22(29)14-34-21-11-20(19(26)10-18(21)25)28(13-15-6-5-9-27-12-15)23(30)16-7-3-4-8-17(16)24(31)33-2/h5-6,9-12H,3-4,7-8,13-14H2,1-2H3. The third kappa shape index (κ3) is 5.91. The number of halogens is 2. The molecule has 0 aliphatic heterocycles. The van der Waals surface area contributed by atoms with E-state index >= 15 is 4.39 Å². The number of carbonyl (C=O) groups excluding carboxylic acids is 3. The largest absolute Gasteiger partial charge is 0.480 e. The van der Waals surface area contributed by atoms with Crippen molar-refractivity contribution in [3.63, 3.8) is 0 Å². The second-order valence-corrected chi connectivity index (χ2v) is 7.91. The Labute approximate surface area is 201 Å². The number of benzene rings is 1. The third-order valence-corrected chi connectivity index (χ3v) is 5.63. The molecule has 2 aromatic rings. The average molecular weight is 491 g/mol. The van der Waals surface area contributed by atoms with Gasteiger partial charge < -0.3 is 19.1 Å². The number of hydrogen-bond donors (Lipinski definition) is 0. The first-order valence-corrected chi connectivity index (χ1v) is 10.9. The molecule has 1 aromatic carbocycles. The molecule has 8 nitrogen and oxygen atoms in total. The fourth-order valence-electron chi connectivity index (χ4n) is 3.62. The maximum atomic E-state index is 15.1. The number of methoxy groups -OCH3 is 2. The lowest BCUT2D eigenvalue weighted by Gasteiger charge is -2.28. The Kier molecular flexibility index (Phi) is 8.59. The summed E-state index contributed by atoms with van der Waals surface area (Å²) in [6.45, 7) is -0.477. The smallest absolute Gasteiger partial charge is 0.343 e. The molecule has 0 atom stereocenters. The first kappa shape index (κ1) is 25.2. The molecule has 1 aromatic heterocycles. The molecule has 0 unspecified atom stereocenters. The molecule has 0 radical (unpaired) electrons. The summed E-state index contributed by atoms with van der Waals surface area (Å²) in [5.41, 5.74) is 1.07. The van der Waals surface area contributed by atoms with Crippen molar-refractivity contribution in [2.45, 2.75) is 32.2 Å². The van der Waals surface area contributed by atoms with Crippen molar-refractivity contribution in [3.8, 4) is 5.75 Å². The van der Waals surface area contributed by atoms with E-state index in [4.69, 9.17) is 21.1 Å². The molecular weight excluding hydrogens is 467 g/mol. The first-order chi connectivity index (χ1) is 16.3. The van der Waals surface area contributed by atoms with Crippen molar-refractivity contribution in [2.24, 2.45) is 0 Å². The van der Waals surface area contributed by atoms with E-state index in [1.165, 1.54) is 25.2 Å². The Hall–Kier alpha value is -3.46. The summed E-state index contributed by atoms with van der Waals surface area (Å²) in [6, 6.07) is 5.69. The maximum Gasteiger partial charge on any atom is 0.343 e. The van der Waals surface area contributed by atoms with Crippen LogP contribution in [0.2, 0.25) is 5.02 Å². The molecule has 1 amide bonds. The Morgan fingerprint density at radius 2 is 1.85 bits per heavy atom. The van der Waals surface area contributed by atoms with Gasteiger partial charge >= 0.3 is 11.9 Å². The molecular formula is C24H24ClFN2O6. The number of amides is 1. The lowest BCUT2D eigenvalue weighted by atomic mass is 9.90. The molecule has 0 saturated carbocycles. The van der Waals surface area contributed by atoms with Gasteiger partial charge in [-0.3, -0.25) is 9.78 Å². The fourth-order valence-corrected chi connectivity index (χ4v) is 3.83. The number of pyridine rings is 1. The Morgan fingerprint density at radius 1 is 1.12 bits per heavy atom. The molecule has 0 N–H and O–H groups in total. The van der Waals surface area contributed by atoms with Gasteiger partial charge in [0.1, 0.15) is 11.6 Å². The molecule has 1 aliphatic carbocycles. The Morgan fingerprint density at radius 3 is 2.50 bits per heavy atom. The van der Waals surface area contributed by atoms with E-state index < -0.39 is 30.3 Å². The van der Waals surface area contributed by atoms with E-state index in [1.807, 2.05) is 0 Å². The highest BCUT2D eigenvalue weighted by Crippen LogP contribution is 2.36. The van der Waals surface area contributed by atoms with Crippen LogP contribution in [-0.2, 0) is 30.4 Å². The summed E-state index contributed by atoms with van der Waals surface area (Å²) in [6.07, 6.45) is 5.33. The highest BCUT2D eigenvalue weighted by atomic mass is 35.5. The van der Waals surface area contributed by atoms with Crippen molar-refractivity contribution >= 4 is 35.1 Å². The van der Waals surface area contributed by atoms with Crippen LogP contribution in [0.1, 0.15) is 31.2 Å². The monoisotopic (exact) mass is 490 g/mol. The quantitative estimate of drug-likeness (QED) is 0.516. The summed E-state index contributed by atoms with van der Waals surface area (Å²) >= 11 is 6.10. The van der Waals surface area contributed by atoms with E-state index in [1.54, 1.807) is 24.5 Å². The SMILES string of the molecule is COC(=O)COc1cc(N(Cc2cccnc2)C(=O)C2=C(C(=O)OC)CCCC2)c(F)cc1Cl. The lowest BCUT2D eigenvalue weighted by Crippen LogP contribution is -2.34. The van der Waals surface area contributed by atoms with Crippen LogP contribution >= 0.6 is 11.6 Å². The zero-order valence-corrected chi connectivity index (χ0v) is 19.6. The number of hydrogen-bond acceptors (Lipinski definition) is 7. The Bertz CT molecular complexity index is 1110. The minimum atomic E-state index is -0.774. The number of aromatic nitrogens is 1. The molecule has 0 fully saturated rings. The highest BCUT2D eigenvalue weighted by molar-refractivity contribution is 6.32. The molecule has 1 heterocycles. The fraction of sp³-hybridized carbons (Fsp3) is 0.333. The van der Waals surface area contributed by atoms with Crippen LogP contribution in [0.3, 0.4) is 0 Å². The minimum Gasteiger partial charge on any atom is -0.480 e. The highest BCUT2D eigenvalue weighted by Gasteiger charge is 2.30. The van der Waals surface area contributed by atoms with Crippen LogP contribution in [0.25, 0.3) is 0 Å². The van der Waals surface area contributed by atoms with Gasteiger partial charge in [0.2, 0.25) is 0 Å². The molecule has 0 saturated heterocycles. The maximum absolute atomic E-state index is 15.1. The van der Waals surface area contributed by atoms with Gasteiger partial charge in [-0.2, -0.15) is 0 Å². The van der Waals surface area contributed by atoms with Gasteiger partial charge in [-0.1, -0.05) is 17.7 Å². The molecule has 10 heteroatoms. The number of rotatable bonds is 8. The molecule has 1 aliphatic rings. The topological polar surface area (TPSA) is 95.0 Å². The molecule has 0 spiro atoms. The van der Waals surface area contributed by atoms with Gasteiger partial charge in [0.15, 0.2) is 6.61 Å². The number of nitrogens with zero attached hydrogens (tertiary/aromatic N) is 2. The predicted molar refractivity (Wildman–Crippen MR) is 122 cm³/mol. The van der Waals surface area contributed by atoms with Crippen molar-refractivity contribution in [1.82, 2.24) is 4.98 Å². The van der Waals surface area contributed by atoms with Crippen LogP contribution in [0.15, 0.2) is 47.8 Å². The van der Waals surface area contributed by atoms with E-state index in [0.29, 0.717) is 24.8 Å². The number of carbonyl (C=O) groups is 3. The molecule has 180 valence electrons. The number of anilines is 1. The van der Waals surface area contributed by atoms with Gasteiger partial charge in [-0.05, 0) is 43.4 Å². The zero-order valence-electron chi connectivity index (χ0n) is 18.8. The Balaban J connectivity index is 2.08. The number of ether oxygens (including phenoxy) is 3. The second-order valence-electron chi connectivity index (χ2n) is 7.51. The van der Waals surface area contributed by atoms with Gasteiger partial charge in [0.25, 0.3) is 5.91 Å². The predicted octanol–water partition coefficient (Wildman–Crippen LogP) is 4.00. The zero-order chi connectivity index (χ0) is 24.7. The van der Waals surface area contributed by atoms with E-state index in [0.717, 1.165) is 12.5 Å². The second kappa shape index (κ2) is 11.6. The first-order valence-electron chi connectivity index (χ1n) is 10.6. The van der Waals surface area contributed by atoms with Crippen molar-refractivity contribution in [3.05, 3.63) is 64.2 Å². The summed E-state index contributed by atoms with van der Waals surface area (Å²) in [7, 11) is 2.46. The van der Waals surface area contributed by atoms with Crippen LogP contribution < -0.4 is 9.64 Å². The molecule has 3 rings (SSSR count). The third-order valence-electron chi connectivity index (χ3n) is 5.33. The van der Waals surface area contributed by atoms with Gasteiger partial charge in [0, 0.05) is 29.6 Å². The summed E-state index contributed by atoms with van der Waals surface area (Å²) in [4.78, 5) is 42.8. The van der Waals surface area contributed by atoms with Crippen molar-refractivity contribution in [2.75, 3.05) is 25.7 Å². The van der Waals surface area contributed by atoms with Crippen LogP contribution in [0.5, 0.6) is 5.75 Å². The number of esters is 2. The van der Waals surface area contributed by atoms with Gasteiger partial charge in [-0.25, -0.2) is 14.0 Å². The van der Waals surface area contributed by atoms with Crippen LogP contribution in [-0.4, -0.2) is 43.7 Å². The average Bonchev–Trinajstić information content (AvgIpc) is 2.86. The minimum absolute atomic E-state index is 0.00160. The van der Waals surface area contributed by atoms with Crippen molar-refractivity contribution in [1.29, 1.82) is 0 Å².